The molecule has 1 unspecified atom stereocenters. The van der Waals surface area contributed by atoms with E-state index in [1.807, 2.05) is 49.6 Å². The number of nitrogens with one attached hydrogen (secondary N) is 1. The molecular weight excluding hydrogens is 268 g/mol. The van der Waals surface area contributed by atoms with Crippen molar-refractivity contribution >= 4 is 5.65 Å². The third-order valence-electron chi connectivity index (χ3n) is 3.27. The molecule has 0 spiro atoms. The number of aromatic nitrogens is 5. The maximum atomic E-state index is 5.19. The van der Waals surface area contributed by atoms with Crippen molar-refractivity contribution in [3.8, 4) is 0 Å². The summed E-state index contributed by atoms with van der Waals surface area (Å²) in [6, 6.07) is 5.86. The lowest BCUT2D eigenvalue weighted by Crippen LogP contribution is -2.21. The van der Waals surface area contributed by atoms with Gasteiger partial charge in [0.1, 0.15) is 0 Å². The van der Waals surface area contributed by atoms with E-state index in [0.717, 1.165) is 11.5 Å². The van der Waals surface area contributed by atoms with Crippen LogP contribution in [0, 0.1) is 0 Å². The van der Waals surface area contributed by atoms with E-state index < -0.39 is 0 Å². The molecule has 7 nitrogen and oxygen atoms in total. The van der Waals surface area contributed by atoms with Crippen LogP contribution in [0.1, 0.15) is 50.3 Å². The highest BCUT2D eigenvalue weighted by Gasteiger charge is 2.15. The molecule has 7 heteroatoms. The fourth-order valence-corrected chi connectivity index (χ4v) is 2.06. The minimum absolute atomic E-state index is 0.0309. The second-order valence-corrected chi connectivity index (χ2v) is 5.29. The average Bonchev–Trinajstić information content (AvgIpc) is 3.11. The van der Waals surface area contributed by atoms with Crippen LogP contribution >= 0.6 is 0 Å². The predicted molar refractivity (Wildman–Crippen MR) is 76.6 cm³/mol. The van der Waals surface area contributed by atoms with Crippen LogP contribution in [-0.2, 0) is 6.54 Å². The highest BCUT2D eigenvalue weighted by molar-refractivity contribution is 5.37. The molecule has 0 saturated heterocycles. The van der Waals surface area contributed by atoms with Gasteiger partial charge in [-0.15, -0.1) is 10.2 Å². The zero-order valence-corrected chi connectivity index (χ0v) is 12.3. The van der Waals surface area contributed by atoms with Crippen LogP contribution in [0.25, 0.3) is 5.65 Å². The average molecular weight is 286 g/mol. The Balaban J connectivity index is 1.69. The first-order chi connectivity index (χ1) is 10.1. The third-order valence-corrected chi connectivity index (χ3v) is 3.27. The molecular formula is C14H18N6O. The summed E-state index contributed by atoms with van der Waals surface area (Å²) in [6.07, 6.45) is 1.95. The zero-order valence-electron chi connectivity index (χ0n) is 12.3. The lowest BCUT2D eigenvalue weighted by Gasteiger charge is -2.10. The topological polar surface area (TPSA) is 81.1 Å². The van der Waals surface area contributed by atoms with E-state index in [1.54, 1.807) is 0 Å². The van der Waals surface area contributed by atoms with E-state index in [2.05, 4.69) is 25.7 Å². The second kappa shape index (κ2) is 5.61. The summed E-state index contributed by atoms with van der Waals surface area (Å²) in [4.78, 5) is 4.34. The zero-order chi connectivity index (χ0) is 14.8. The Kier molecular flexibility index (Phi) is 3.66. The van der Waals surface area contributed by atoms with Gasteiger partial charge in [-0.05, 0) is 19.1 Å². The lowest BCUT2D eigenvalue weighted by atomic mass is 10.2. The normalized spacial score (nSPS) is 13.1. The minimum Gasteiger partial charge on any atom is -0.339 e. The Bertz CT molecular complexity index is 732. The van der Waals surface area contributed by atoms with Crippen LogP contribution in [0.2, 0.25) is 0 Å². The van der Waals surface area contributed by atoms with Gasteiger partial charge in [0.15, 0.2) is 17.3 Å². The largest absolute Gasteiger partial charge is 0.339 e. The molecule has 1 N–H and O–H groups in total. The van der Waals surface area contributed by atoms with E-state index in [4.69, 9.17) is 4.52 Å². The summed E-state index contributed by atoms with van der Waals surface area (Å²) >= 11 is 0. The van der Waals surface area contributed by atoms with E-state index in [1.165, 1.54) is 0 Å². The lowest BCUT2D eigenvalue weighted by molar-refractivity contribution is 0.358. The molecule has 3 heterocycles. The number of pyridine rings is 1. The summed E-state index contributed by atoms with van der Waals surface area (Å²) in [6.45, 7) is 6.61. The summed E-state index contributed by atoms with van der Waals surface area (Å²) in [5, 5.41) is 15.7. The third kappa shape index (κ3) is 2.78. The van der Waals surface area contributed by atoms with E-state index in [-0.39, 0.29) is 12.0 Å². The summed E-state index contributed by atoms with van der Waals surface area (Å²) in [7, 11) is 0. The van der Waals surface area contributed by atoms with Crippen molar-refractivity contribution in [3.05, 3.63) is 41.9 Å². The first-order valence-electron chi connectivity index (χ1n) is 7.00. The monoisotopic (exact) mass is 286 g/mol. The standard InChI is InChI=1S/C14H18N6O/c1-9(2)14-16-11(19-21-14)8-15-10(3)13-18-17-12-6-4-5-7-20(12)13/h4-7,9-10,15H,8H2,1-3H3. The first kappa shape index (κ1) is 13.7. The SMILES string of the molecule is CC(C)c1nc(CNC(C)c2nnc3ccccn23)no1. The molecule has 0 aliphatic carbocycles. The first-order valence-corrected chi connectivity index (χ1v) is 7.00. The second-order valence-electron chi connectivity index (χ2n) is 5.29. The summed E-state index contributed by atoms with van der Waals surface area (Å²) in [5.41, 5.74) is 0.836. The molecule has 0 saturated carbocycles. The molecule has 0 fully saturated rings. The van der Waals surface area contributed by atoms with Crippen molar-refractivity contribution in [1.29, 1.82) is 0 Å². The molecule has 0 amide bonds. The van der Waals surface area contributed by atoms with Crippen LogP contribution in [0.3, 0.4) is 0 Å². The highest BCUT2D eigenvalue weighted by atomic mass is 16.5. The molecule has 3 rings (SSSR count). The molecule has 0 bridgehead atoms. The van der Waals surface area contributed by atoms with Gasteiger partial charge in [-0.3, -0.25) is 4.40 Å². The Labute approximate surface area is 122 Å². The van der Waals surface area contributed by atoms with Crippen LogP contribution in [0.5, 0.6) is 0 Å². The summed E-state index contributed by atoms with van der Waals surface area (Å²) < 4.78 is 7.15. The van der Waals surface area contributed by atoms with Gasteiger partial charge in [0.25, 0.3) is 0 Å². The maximum Gasteiger partial charge on any atom is 0.229 e. The number of nitrogens with zero attached hydrogens (tertiary/aromatic N) is 5. The van der Waals surface area contributed by atoms with Gasteiger partial charge in [0.2, 0.25) is 5.89 Å². The van der Waals surface area contributed by atoms with E-state index in [0.29, 0.717) is 18.3 Å². The van der Waals surface area contributed by atoms with Crippen LogP contribution in [0.4, 0.5) is 0 Å². The molecule has 0 radical (unpaired) electrons. The number of fused-ring (bicyclic) bond motifs is 1. The van der Waals surface area contributed by atoms with Gasteiger partial charge in [0.05, 0.1) is 12.6 Å². The minimum atomic E-state index is 0.0309. The van der Waals surface area contributed by atoms with Gasteiger partial charge in [0, 0.05) is 12.1 Å². The number of hydrogen-bond donors (Lipinski definition) is 1. The quantitative estimate of drug-likeness (QED) is 0.773. The molecule has 110 valence electrons. The van der Waals surface area contributed by atoms with Gasteiger partial charge in [-0.25, -0.2) is 0 Å². The smallest absolute Gasteiger partial charge is 0.229 e. The summed E-state index contributed by atoms with van der Waals surface area (Å²) in [5.74, 6) is 2.41. The molecule has 0 aliphatic heterocycles. The molecule has 21 heavy (non-hydrogen) atoms. The Morgan fingerprint density at radius 1 is 1.24 bits per heavy atom. The van der Waals surface area contributed by atoms with Crippen molar-refractivity contribution in [1.82, 2.24) is 30.1 Å². The number of hydrogen-bond acceptors (Lipinski definition) is 6. The van der Waals surface area contributed by atoms with Crippen LogP contribution in [-0.4, -0.2) is 24.7 Å². The molecule has 3 aromatic heterocycles. The van der Waals surface area contributed by atoms with Crippen LogP contribution in [0.15, 0.2) is 28.9 Å². The van der Waals surface area contributed by atoms with Crippen LogP contribution < -0.4 is 5.32 Å². The van der Waals surface area contributed by atoms with Crippen molar-refractivity contribution in [2.24, 2.45) is 0 Å². The van der Waals surface area contributed by atoms with Gasteiger partial charge < -0.3 is 9.84 Å². The molecule has 0 aliphatic rings. The number of rotatable bonds is 5. The van der Waals surface area contributed by atoms with Crippen molar-refractivity contribution in [3.63, 3.8) is 0 Å². The van der Waals surface area contributed by atoms with Gasteiger partial charge in [-0.2, -0.15) is 4.98 Å². The molecule has 0 aromatic carbocycles. The Morgan fingerprint density at radius 2 is 2.10 bits per heavy atom. The fourth-order valence-electron chi connectivity index (χ4n) is 2.06. The van der Waals surface area contributed by atoms with Crippen molar-refractivity contribution in [2.45, 2.75) is 39.3 Å². The van der Waals surface area contributed by atoms with Crippen molar-refractivity contribution < 1.29 is 4.52 Å². The Hall–Kier alpha value is -2.28. The fraction of sp³-hybridized carbons (Fsp3) is 0.429. The molecule has 3 aromatic rings. The van der Waals surface area contributed by atoms with E-state index >= 15 is 0 Å². The van der Waals surface area contributed by atoms with Gasteiger partial charge >= 0.3 is 0 Å². The van der Waals surface area contributed by atoms with Crippen molar-refractivity contribution in [2.75, 3.05) is 0 Å². The Morgan fingerprint density at radius 3 is 2.86 bits per heavy atom. The maximum absolute atomic E-state index is 5.19. The highest BCUT2D eigenvalue weighted by Crippen LogP contribution is 2.13. The predicted octanol–water partition coefficient (Wildman–Crippen LogP) is 2.09. The van der Waals surface area contributed by atoms with E-state index in [9.17, 15) is 0 Å². The van der Waals surface area contributed by atoms with Gasteiger partial charge in [-0.1, -0.05) is 25.1 Å². The molecule has 1 atom stereocenters.